The van der Waals surface area contributed by atoms with Crippen molar-refractivity contribution < 1.29 is 0 Å². The zero-order valence-corrected chi connectivity index (χ0v) is 12.7. The molecular formula is C17H27N3. The van der Waals surface area contributed by atoms with Gasteiger partial charge in [-0.25, -0.2) is 4.98 Å². The molecule has 110 valence electrons. The predicted molar refractivity (Wildman–Crippen MR) is 84.0 cm³/mol. The molecular weight excluding hydrogens is 246 g/mol. The van der Waals surface area contributed by atoms with E-state index in [2.05, 4.69) is 18.0 Å². The van der Waals surface area contributed by atoms with Crippen LogP contribution in [0.15, 0.2) is 6.07 Å². The Morgan fingerprint density at radius 2 is 1.90 bits per heavy atom. The first-order valence-electron chi connectivity index (χ1n) is 8.24. The van der Waals surface area contributed by atoms with Crippen LogP contribution < -0.4 is 10.6 Å². The Labute approximate surface area is 122 Å². The summed E-state index contributed by atoms with van der Waals surface area (Å²) in [5, 5.41) is 0. The Morgan fingerprint density at radius 3 is 2.65 bits per heavy atom. The summed E-state index contributed by atoms with van der Waals surface area (Å²) in [6.07, 6.45) is 11.6. The van der Waals surface area contributed by atoms with Gasteiger partial charge >= 0.3 is 0 Å². The van der Waals surface area contributed by atoms with Crippen molar-refractivity contribution in [3.8, 4) is 0 Å². The van der Waals surface area contributed by atoms with Gasteiger partial charge in [0.1, 0.15) is 5.82 Å². The van der Waals surface area contributed by atoms with Gasteiger partial charge in [-0.15, -0.1) is 0 Å². The van der Waals surface area contributed by atoms with Crippen molar-refractivity contribution in [2.24, 2.45) is 5.73 Å². The number of pyridine rings is 1. The van der Waals surface area contributed by atoms with Crippen LogP contribution in [0.25, 0.3) is 0 Å². The Balaban J connectivity index is 1.90. The summed E-state index contributed by atoms with van der Waals surface area (Å²) in [7, 11) is 2.21. The van der Waals surface area contributed by atoms with Crippen molar-refractivity contribution in [1.82, 2.24) is 4.98 Å². The molecule has 3 nitrogen and oxygen atoms in total. The van der Waals surface area contributed by atoms with Crippen molar-refractivity contribution in [1.29, 1.82) is 0 Å². The monoisotopic (exact) mass is 273 g/mol. The molecule has 0 atom stereocenters. The lowest BCUT2D eigenvalue weighted by molar-refractivity contribution is 0.425. The lowest BCUT2D eigenvalue weighted by Crippen LogP contribution is -2.35. The van der Waals surface area contributed by atoms with Crippen LogP contribution in [0.1, 0.15) is 61.8 Å². The molecule has 0 amide bonds. The van der Waals surface area contributed by atoms with Gasteiger partial charge in [-0.1, -0.05) is 19.3 Å². The maximum Gasteiger partial charge on any atom is 0.133 e. The second-order valence-corrected chi connectivity index (χ2v) is 6.39. The van der Waals surface area contributed by atoms with Gasteiger partial charge in [-0.3, -0.25) is 0 Å². The van der Waals surface area contributed by atoms with E-state index < -0.39 is 0 Å². The number of aromatic nitrogens is 1. The first-order valence-corrected chi connectivity index (χ1v) is 8.24. The maximum atomic E-state index is 5.98. The number of hydrogen-bond acceptors (Lipinski definition) is 3. The summed E-state index contributed by atoms with van der Waals surface area (Å²) < 4.78 is 0. The van der Waals surface area contributed by atoms with Crippen molar-refractivity contribution in [2.75, 3.05) is 11.9 Å². The molecule has 2 aliphatic rings. The molecule has 0 saturated heterocycles. The second-order valence-electron chi connectivity index (χ2n) is 6.39. The molecule has 20 heavy (non-hydrogen) atoms. The average molecular weight is 273 g/mol. The SMILES string of the molecule is CN(c1nc2c(cc1CN)CCCC2)C1CCCCC1. The highest BCUT2D eigenvalue weighted by atomic mass is 15.2. The largest absolute Gasteiger partial charge is 0.356 e. The van der Waals surface area contributed by atoms with E-state index in [4.69, 9.17) is 10.7 Å². The van der Waals surface area contributed by atoms with Gasteiger partial charge in [0.05, 0.1) is 0 Å². The summed E-state index contributed by atoms with van der Waals surface area (Å²) in [4.78, 5) is 7.42. The lowest BCUT2D eigenvalue weighted by atomic mass is 9.92. The van der Waals surface area contributed by atoms with Crippen molar-refractivity contribution in [3.05, 3.63) is 22.9 Å². The third kappa shape index (κ3) is 2.69. The van der Waals surface area contributed by atoms with Crippen molar-refractivity contribution >= 4 is 5.82 Å². The summed E-state index contributed by atoms with van der Waals surface area (Å²) in [6, 6.07) is 2.99. The highest BCUT2D eigenvalue weighted by molar-refractivity contribution is 5.50. The fourth-order valence-electron chi connectivity index (χ4n) is 3.77. The third-order valence-electron chi connectivity index (χ3n) is 5.03. The molecule has 0 bridgehead atoms. The van der Waals surface area contributed by atoms with Crippen LogP contribution in [-0.4, -0.2) is 18.1 Å². The molecule has 3 heteroatoms. The van der Waals surface area contributed by atoms with Crippen molar-refractivity contribution in [2.45, 2.75) is 70.4 Å². The fourth-order valence-corrected chi connectivity index (χ4v) is 3.77. The van der Waals surface area contributed by atoms with Gasteiger partial charge in [0.15, 0.2) is 0 Å². The van der Waals surface area contributed by atoms with Crippen LogP contribution in [-0.2, 0) is 19.4 Å². The molecule has 1 saturated carbocycles. The van der Waals surface area contributed by atoms with E-state index in [-0.39, 0.29) is 0 Å². The first-order chi connectivity index (χ1) is 9.79. The molecule has 0 unspecified atom stereocenters. The predicted octanol–water partition coefficient (Wildman–Crippen LogP) is 3.19. The Hall–Kier alpha value is -1.09. The molecule has 2 N–H and O–H groups in total. The van der Waals surface area contributed by atoms with Crippen LogP contribution in [0.2, 0.25) is 0 Å². The molecule has 2 aliphatic carbocycles. The fraction of sp³-hybridized carbons (Fsp3) is 0.706. The van der Waals surface area contributed by atoms with E-state index in [0.29, 0.717) is 12.6 Å². The van der Waals surface area contributed by atoms with E-state index in [0.717, 1.165) is 12.2 Å². The molecule has 1 heterocycles. The molecule has 0 aliphatic heterocycles. The molecule has 0 radical (unpaired) electrons. The number of anilines is 1. The number of rotatable bonds is 3. The van der Waals surface area contributed by atoms with Crippen LogP contribution in [0, 0.1) is 0 Å². The van der Waals surface area contributed by atoms with Gasteiger partial charge in [0.2, 0.25) is 0 Å². The summed E-state index contributed by atoms with van der Waals surface area (Å²) in [5.74, 6) is 1.15. The van der Waals surface area contributed by atoms with Crippen LogP contribution in [0.4, 0.5) is 5.82 Å². The molecule has 0 aromatic carbocycles. The Morgan fingerprint density at radius 1 is 1.15 bits per heavy atom. The smallest absolute Gasteiger partial charge is 0.133 e. The second kappa shape index (κ2) is 6.13. The van der Waals surface area contributed by atoms with Gasteiger partial charge in [0, 0.05) is 30.9 Å². The Bertz CT molecular complexity index is 464. The zero-order chi connectivity index (χ0) is 13.9. The van der Waals surface area contributed by atoms with E-state index >= 15 is 0 Å². The van der Waals surface area contributed by atoms with E-state index in [9.17, 15) is 0 Å². The topological polar surface area (TPSA) is 42.2 Å². The molecule has 3 rings (SSSR count). The summed E-state index contributed by atoms with van der Waals surface area (Å²) in [6.45, 7) is 0.604. The minimum absolute atomic E-state index is 0.604. The Kier molecular flexibility index (Phi) is 4.25. The van der Waals surface area contributed by atoms with Gasteiger partial charge in [-0.2, -0.15) is 0 Å². The number of nitrogens with two attached hydrogens (primary N) is 1. The zero-order valence-electron chi connectivity index (χ0n) is 12.7. The number of nitrogens with zero attached hydrogens (tertiary/aromatic N) is 2. The number of aryl methyl sites for hydroxylation is 2. The maximum absolute atomic E-state index is 5.98. The number of fused-ring (bicyclic) bond motifs is 1. The van der Waals surface area contributed by atoms with Crippen molar-refractivity contribution in [3.63, 3.8) is 0 Å². The lowest BCUT2D eigenvalue weighted by Gasteiger charge is -2.34. The normalized spacial score (nSPS) is 19.7. The van der Waals surface area contributed by atoms with Gasteiger partial charge in [-0.05, 0) is 50.2 Å². The molecule has 0 spiro atoms. The molecule has 1 fully saturated rings. The van der Waals surface area contributed by atoms with E-state index in [1.807, 2.05) is 0 Å². The summed E-state index contributed by atoms with van der Waals surface area (Å²) in [5.41, 5.74) is 9.99. The minimum Gasteiger partial charge on any atom is -0.356 e. The quantitative estimate of drug-likeness (QED) is 0.919. The first kappa shape index (κ1) is 13.9. The third-order valence-corrected chi connectivity index (χ3v) is 5.03. The highest BCUT2D eigenvalue weighted by Gasteiger charge is 2.23. The van der Waals surface area contributed by atoms with E-state index in [1.54, 1.807) is 0 Å². The van der Waals surface area contributed by atoms with Crippen LogP contribution >= 0.6 is 0 Å². The minimum atomic E-state index is 0.604. The van der Waals surface area contributed by atoms with E-state index in [1.165, 1.54) is 68.2 Å². The molecule has 1 aromatic rings. The standard InChI is InChI=1S/C17H27N3/c1-20(15-8-3-2-4-9-15)17-14(12-18)11-13-7-5-6-10-16(13)19-17/h11,15H,2-10,12,18H2,1H3. The highest BCUT2D eigenvalue weighted by Crippen LogP contribution is 2.30. The van der Waals surface area contributed by atoms with Crippen LogP contribution in [0.3, 0.4) is 0 Å². The molecule has 1 aromatic heterocycles. The van der Waals surface area contributed by atoms with Gasteiger partial charge < -0.3 is 10.6 Å². The van der Waals surface area contributed by atoms with Gasteiger partial charge in [0.25, 0.3) is 0 Å². The summed E-state index contributed by atoms with van der Waals surface area (Å²) >= 11 is 0. The number of hydrogen-bond donors (Lipinski definition) is 1. The average Bonchev–Trinajstić information content (AvgIpc) is 2.53. The van der Waals surface area contributed by atoms with Crippen LogP contribution in [0.5, 0.6) is 0 Å².